The van der Waals surface area contributed by atoms with E-state index in [-0.39, 0.29) is 0 Å². The van der Waals surface area contributed by atoms with Gasteiger partial charge in [0, 0.05) is 0 Å². The van der Waals surface area contributed by atoms with Crippen molar-refractivity contribution in [1.82, 2.24) is 4.57 Å². The van der Waals surface area contributed by atoms with Crippen molar-refractivity contribution >= 4 is 6.20 Å². The Labute approximate surface area is 86.9 Å². The van der Waals surface area contributed by atoms with Gasteiger partial charge in [-0.2, -0.15) is 0 Å². The monoisotopic (exact) mass is 193 g/mol. The Kier molecular flexibility index (Phi) is 5.05. The summed E-state index contributed by atoms with van der Waals surface area (Å²) in [4.78, 5) is 0. The topological polar surface area (TPSA) is 8.81 Å². The Balaban J connectivity index is 2.15. The third-order valence-corrected chi connectivity index (χ3v) is 2.29. The van der Waals surface area contributed by atoms with Crippen molar-refractivity contribution in [2.45, 2.75) is 39.0 Å². The fraction of sp³-hybridized carbons (Fsp3) is 0.583. The second-order valence-corrected chi connectivity index (χ2v) is 3.76. The minimum Gasteiger partial charge on any atom is -0.239 e. The lowest BCUT2D eigenvalue weighted by molar-refractivity contribution is -0.567. The molecular formula is C12H21N2+. The van der Waals surface area contributed by atoms with E-state index in [2.05, 4.69) is 36.3 Å². The minimum atomic E-state index is 1.20. The van der Waals surface area contributed by atoms with Crippen LogP contribution in [0.25, 0.3) is 6.20 Å². The molecule has 0 radical (unpaired) electrons. The van der Waals surface area contributed by atoms with Crippen molar-refractivity contribution < 1.29 is 4.57 Å². The molecule has 2 nitrogen and oxygen atoms in total. The molecule has 1 aromatic heterocycles. The quantitative estimate of drug-likeness (QED) is 0.485. The van der Waals surface area contributed by atoms with Crippen LogP contribution in [0.15, 0.2) is 24.8 Å². The van der Waals surface area contributed by atoms with E-state index in [4.69, 9.17) is 0 Å². The Morgan fingerprint density at radius 3 is 2.79 bits per heavy atom. The molecule has 0 amide bonds. The molecule has 78 valence electrons. The van der Waals surface area contributed by atoms with Crippen LogP contribution in [0.2, 0.25) is 0 Å². The van der Waals surface area contributed by atoms with Crippen molar-refractivity contribution in [2.24, 2.45) is 7.05 Å². The van der Waals surface area contributed by atoms with Crippen molar-refractivity contribution in [3.05, 3.63) is 24.8 Å². The molecule has 0 spiro atoms. The van der Waals surface area contributed by atoms with E-state index in [1.807, 2.05) is 17.8 Å². The van der Waals surface area contributed by atoms with Crippen molar-refractivity contribution in [3.63, 3.8) is 0 Å². The van der Waals surface area contributed by atoms with Crippen LogP contribution in [-0.4, -0.2) is 4.57 Å². The summed E-state index contributed by atoms with van der Waals surface area (Å²) < 4.78 is 4.13. The highest BCUT2D eigenvalue weighted by atomic mass is 15.1. The maximum atomic E-state index is 2.25. The number of allylic oxidation sites excluding steroid dienone is 1. The van der Waals surface area contributed by atoms with Crippen LogP contribution in [0.4, 0.5) is 0 Å². The summed E-state index contributed by atoms with van der Waals surface area (Å²) in [5.74, 6) is 0. The van der Waals surface area contributed by atoms with E-state index in [9.17, 15) is 0 Å². The number of nitrogens with zero attached hydrogens (tertiary/aromatic N) is 2. The molecule has 0 atom stereocenters. The number of aromatic nitrogens is 2. The summed E-state index contributed by atoms with van der Waals surface area (Å²) >= 11 is 0. The maximum absolute atomic E-state index is 2.25. The summed E-state index contributed by atoms with van der Waals surface area (Å²) in [5.41, 5.74) is 0. The Morgan fingerprint density at radius 2 is 2.14 bits per heavy atom. The van der Waals surface area contributed by atoms with Gasteiger partial charge in [0.05, 0.1) is 13.2 Å². The van der Waals surface area contributed by atoms with E-state index < -0.39 is 0 Å². The van der Waals surface area contributed by atoms with Gasteiger partial charge in [0.25, 0.3) is 0 Å². The molecule has 0 bridgehead atoms. The first-order valence-corrected chi connectivity index (χ1v) is 5.52. The molecule has 0 fully saturated rings. The van der Waals surface area contributed by atoms with Crippen molar-refractivity contribution in [2.75, 3.05) is 0 Å². The Hall–Kier alpha value is -1.05. The van der Waals surface area contributed by atoms with Crippen LogP contribution in [0.3, 0.4) is 0 Å². The van der Waals surface area contributed by atoms with Crippen LogP contribution >= 0.6 is 0 Å². The van der Waals surface area contributed by atoms with Crippen LogP contribution < -0.4 is 4.57 Å². The first-order chi connectivity index (χ1) is 6.83. The van der Waals surface area contributed by atoms with Gasteiger partial charge >= 0.3 is 0 Å². The molecule has 14 heavy (non-hydrogen) atoms. The standard InChI is InChI=1S/C12H21N2/c1-3-4-5-6-7-8-9-14-11-10-13(2)12-14/h8-12H,3-7H2,1-2H3/q+1. The van der Waals surface area contributed by atoms with E-state index >= 15 is 0 Å². The normalized spacial score (nSPS) is 11.3. The molecule has 2 heteroatoms. The molecule has 0 unspecified atom stereocenters. The summed E-state index contributed by atoms with van der Waals surface area (Å²) in [7, 11) is 2.03. The van der Waals surface area contributed by atoms with Gasteiger partial charge in [0.2, 0.25) is 6.33 Å². The molecule has 1 aromatic rings. The second-order valence-electron chi connectivity index (χ2n) is 3.76. The lowest BCUT2D eigenvalue weighted by Gasteiger charge is -1.92. The van der Waals surface area contributed by atoms with Crippen LogP contribution in [0, 0.1) is 0 Å². The van der Waals surface area contributed by atoms with Gasteiger partial charge in [0.15, 0.2) is 0 Å². The number of hydrogen-bond donors (Lipinski definition) is 0. The van der Waals surface area contributed by atoms with Gasteiger partial charge in [0.1, 0.15) is 12.4 Å². The molecule has 1 rings (SSSR count). The zero-order valence-corrected chi connectivity index (χ0v) is 9.32. The first-order valence-electron chi connectivity index (χ1n) is 5.52. The lowest BCUT2D eigenvalue weighted by atomic mass is 10.1. The first kappa shape index (κ1) is 11.0. The Morgan fingerprint density at radius 1 is 1.29 bits per heavy atom. The maximum Gasteiger partial charge on any atom is 0.248 e. The minimum absolute atomic E-state index is 1.20. The third kappa shape index (κ3) is 4.26. The lowest BCUT2D eigenvalue weighted by Crippen LogP contribution is -2.21. The van der Waals surface area contributed by atoms with Crippen molar-refractivity contribution in [3.8, 4) is 0 Å². The summed E-state index contributed by atoms with van der Waals surface area (Å²) in [6, 6.07) is 0. The predicted octanol–water partition coefficient (Wildman–Crippen LogP) is 2.75. The number of hydrogen-bond acceptors (Lipinski definition) is 0. The highest BCUT2D eigenvalue weighted by Gasteiger charge is 1.93. The van der Waals surface area contributed by atoms with Gasteiger partial charge in [-0.1, -0.05) is 26.2 Å². The van der Waals surface area contributed by atoms with E-state index in [1.54, 1.807) is 0 Å². The second kappa shape index (κ2) is 6.41. The number of aryl methyl sites for hydroxylation is 1. The number of rotatable bonds is 6. The summed E-state index contributed by atoms with van der Waals surface area (Å²) in [5, 5.41) is 0. The molecule has 0 aliphatic heterocycles. The van der Waals surface area contributed by atoms with E-state index in [1.165, 1.54) is 32.1 Å². The highest BCUT2D eigenvalue weighted by Crippen LogP contribution is 2.02. The van der Waals surface area contributed by atoms with E-state index in [0.29, 0.717) is 0 Å². The highest BCUT2D eigenvalue weighted by molar-refractivity contribution is 5.05. The van der Waals surface area contributed by atoms with Gasteiger partial charge in [-0.15, -0.1) is 0 Å². The summed E-state index contributed by atoms with van der Waals surface area (Å²) in [6.07, 6.45) is 17.1. The molecule has 0 aliphatic carbocycles. The van der Waals surface area contributed by atoms with E-state index in [0.717, 1.165) is 0 Å². The fourth-order valence-electron chi connectivity index (χ4n) is 1.44. The molecule has 0 saturated carbocycles. The molecule has 1 heterocycles. The van der Waals surface area contributed by atoms with Gasteiger partial charge in [-0.25, -0.2) is 9.13 Å². The largest absolute Gasteiger partial charge is 0.248 e. The number of unbranched alkanes of at least 4 members (excludes halogenated alkanes) is 4. The average molecular weight is 193 g/mol. The molecule has 0 aromatic carbocycles. The number of imidazole rings is 1. The van der Waals surface area contributed by atoms with Gasteiger partial charge < -0.3 is 0 Å². The summed E-state index contributed by atoms with van der Waals surface area (Å²) in [6.45, 7) is 2.25. The third-order valence-electron chi connectivity index (χ3n) is 2.29. The SMILES string of the molecule is CCCCCCC=C[n+]1ccn(C)c1. The van der Waals surface area contributed by atoms with Crippen LogP contribution in [0.5, 0.6) is 0 Å². The molecule has 0 aliphatic rings. The smallest absolute Gasteiger partial charge is 0.239 e. The molecular weight excluding hydrogens is 172 g/mol. The van der Waals surface area contributed by atoms with Crippen LogP contribution in [0.1, 0.15) is 39.0 Å². The predicted molar refractivity (Wildman–Crippen MR) is 59.7 cm³/mol. The molecule has 0 saturated heterocycles. The zero-order valence-electron chi connectivity index (χ0n) is 9.32. The van der Waals surface area contributed by atoms with Gasteiger partial charge in [-0.3, -0.25) is 0 Å². The van der Waals surface area contributed by atoms with Crippen molar-refractivity contribution in [1.29, 1.82) is 0 Å². The van der Waals surface area contributed by atoms with Gasteiger partial charge in [-0.05, 0) is 18.9 Å². The molecule has 0 N–H and O–H groups in total. The fourth-order valence-corrected chi connectivity index (χ4v) is 1.44. The Bertz CT molecular complexity index is 274. The average Bonchev–Trinajstić information content (AvgIpc) is 2.58. The van der Waals surface area contributed by atoms with Crippen LogP contribution in [-0.2, 0) is 7.05 Å². The zero-order chi connectivity index (χ0) is 10.2.